The molecule has 88 valence electrons. The molecule has 1 N–H and O–H groups in total. The maximum atomic E-state index is 11.4. The van der Waals surface area contributed by atoms with Gasteiger partial charge in [-0.3, -0.25) is 4.79 Å². The highest BCUT2D eigenvalue weighted by Crippen LogP contribution is 2.28. The van der Waals surface area contributed by atoms with Gasteiger partial charge < -0.3 is 10.1 Å². The van der Waals surface area contributed by atoms with E-state index in [2.05, 4.69) is 5.32 Å². The van der Waals surface area contributed by atoms with E-state index in [-0.39, 0.29) is 11.3 Å². The molecule has 1 atom stereocenters. The van der Waals surface area contributed by atoms with Crippen LogP contribution < -0.4 is 5.32 Å². The summed E-state index contributed by atoms with van der Waals surface area (Å²) in [7, 11) is 1.63. The van der Waals surface area contributed by atoms with Crippen molar-refractivity contribution in [3.05, 3.63) is 0 Å². The van der Waals surface area contributed by atoms with Crippen LogP contribution in [-0.2, 0) is 9.53 Å². The summed E-state index contributed by atoms with van der Waals surface area (Å²) < 4.78 is 4.91. The minimum absolute atomic E-state index is 0.000923. The molecule has 1 fully saturated rings. The summed E-state index contributed by atoms with van der Waals surface area (Å²) in [5.41, 5.74) is 0. The van der Waals surface area contributed by atoms with Crippen LogP contribution in [0.2, 0.25) is 0 Å². The number of hydrogen-bond donors (Lipinski definition) is 1. The van der Waals surface area contributed by atoms with Gasteiger partial charge in [-0.1, -0.05) is 6.42 Å². The van der Waals surface area contributed by atoms with Gasteiger partial charge in [-0.25, -0.2) is 0 Å². The Morgan fingerprint density at radius 3 is 2.87 bits per heavy atom. The zero-order chi connectivity index (χ0) is 11.1. The highest BCUT2D eigenvalue weighted by atomic mass is 35.5. The lowest BCUT2D eigenvalue weighted by atomic mass is 9.83. The fourth-order valence-corrected chi connectivity index (χ4v) is 1.90. The van der Waals surface area contributed by atoms with Crippen LogP contribution in [0.15, 0.2) is 0 Å². The molecule has 3 nitrogen and oxygen atoms in total. The fraction of sp³-hybridized carbons (Fsp3) is 0.909. The molecule has 1 aliphatic rings. The SMILES string of the molecule is COCC(Cl)CCNC(=O)CC1CCC1. The molecule has 0 radical (unpaired) electrons. The third-order valence-corrected chi connectivity index (χ3v) is 3.17. The van der Waals surface area contributed by atoms with Crippen LogP contribution in [0.3, 0.4) is 0 Å². The largest absolute Gasteiger partial charge is 0.383 e. The Labute approximate surface area is 96.5 Å². The van der Waals surface area contributed by atoms with E-state index in [0.717, 1.165) is 6.42 Å². The van der Waals surface area contributed by atoms with Crippen LogP contribution in [0, 0.1) is 5.92 Å². The van der Waals surface area contributed by atoms with Gasteiger partial charge in [0.15, 0.2) is 0 Å². The van der Waals surface area contributed by atoms with Crippen LogP contribution in [0.1, 0.15) is 32.1 Å². The zero-order valence-corrected chi connectivity index (χ0v) is 10.1. The van der Waals surface area contributed by atoms with E-state index in [9.17, 15) is 4.79 Å². The van der Waals surface area contributed by atoms with E-state index in [1.165, 1.54) is 19.3 Å². The summed E-state index contributed by atoms with van der Waals surface area (Å²) in [6.07, 6.45) is 5.18. The quantitative estimate of drug-likeness (QED) is 0.683. The van der Waals surface area contributed by atoms with Crippen LogP contribution in [0.25, 0.3) is 0 Å². The average molecular weight is 234 g/mol. The molecule has 4 heteroatoms. The van der Waals surface area contributed by atoms with Crippen LogP contribution in [0.5, 0.6) is 0 Å². The summed E-state index contributed by atoms with van der Waals surface area (Å²) in [5, 5.41) is 2.89. The predicted molar refractivity (Wildman–Crippen MR) is 61.1 cm³/mol. The number of nitrogens with one attached hydrogen (secondary N) is 1. The number of carbonyl (C=O) groups is 1. The Hall–Kier alpha value is -0.280. The monoisotopic (exact) mass is 233 g/mol. The molecule has 1 saturated carbocycles. The van der Waals surface area contributed by atoms with Crippen molar-refractivity contribution in [2.75, 3.05) is 20.3 Å². The van der Waals surface area contributed by atoms with Crippen molar-refractivity contribution in [3.8, 4) is 0 Å². The summed E-state index contributed by atoms with van der Waals surface area (Å²) in [4.78, 5) is 11.4. The molecule has 15 heavy (non-hydrogen) atoms. The summed E-state index contributed by atoms with van der Waals surface area (Å²) in [6, 6.07) is 0. The van der Waals surface area contributed by atoms with Gasteiger partial charge in [-0.15, -0.1) is 11.6 Å². The highest BCUT2D eigenvalue weighted by Gasteiger charge is 2.20. The van der Waals surface area contributed by atoms with Crippen molar-refractivity contribution in [2.24, 2.45) is 5.92 Å². The van der Waals surface area contributed by atoms with Gasteiger partial charge in [0, 0.05) is 20.1 Å². The average Bonchev–Trinajstić information content (AvgIpc) is 2.12. The molecule has 1 amide bonds. The fourth-order valence-electron chi connectivity index (χ4n) is 1.66. The van der Waals surface area contributed by atoms with Crippen LogP contribution in [0.4, 0.5) is 0 Å². The molecule has 0 heterocycles. The first-order valence-corrected chi connectivity index (χ1v) is 6.05. The van der Waals surface area contributed by atoms with Gasteiger partial charge in [0.1, 0.15) is 0 Å². The van der Waals surface area contributed by atoms with Crippen molar-refractivity contribution in [1.29, 1.82) is 0 Å². The highest BCUT2D eigenvalue weighted by molar-refractivity contribution is 6.20. The van der Waals surface area contributed by atoms with E-state index in [0.29, 0.717) is 25.5 Å². The lowest BCUT2D eigenvalue weighted by molar-refractivity contribution is -0.122. The Morgan fingerprint density at radius 2 is 2.33 bits per heavy atom. The second-order valence-electron chi connectivity index (χ2n) is 4.19. The summed E-state index contributed by atoms with van der Waals surface area (Å²) >= 11 is 5.93. The first kappa shape index (κ1) is 12.8. The van der Waals surface area contributed by atoms with Gasteiger partial charge >= 0.3 is 0 Å². The van der Waals surface area contributed by atoms with E-state index >= 15 is 0 Å². The van der Waals surface area contributed by atoms with E-state index in [1.807, 2.05) is 0 Å². The topological polar surface area (TPSA) is 38.3 Å². The van der Waals surface area contributed by atoms with E-state index < -0.39 is 0 Å². The molecule has 0 saturated heterocycles. The number of amides is 1. The molecule has 0 bridgehead atoms. The first-order chi connectivity index (χ1) is 7.22. The molecule has 0 aromatic rings. The number of rotatable bonds is 7. The van der Waals surface area contributed by atoms with Gasteiger partial charge in [0.2, 0.25) is 5.91 Å². The Bertz CT molecular complexity index is 195. The summed E-state index contributed by atoms with van der Waals surface area (Å²) in [6.45, 7) is 1.20. The van der Waals surface area contributed by atoms with Crippen LogP contribution >= 0.6 is 11.6 Å². The van der Waals surface area contributed by atoms with Gasteiger partial charge in [-0.2, -0.15) is 0 Å². The normalized spacial score (nSPS) is 18.3. The van der Waals surface area contributed by atoms with Crippen molar-refractivity contribution in [3.63, 3.8) is 0 Å². The van der Waals surface area contributed by atoms with E-state index in [1.54, 1.807) is 7.11 Å². The third-order valence-electron chi connectivity index (χ3n) is 2.83. The van der Waals surface area contributed by atoms with Gasteiger partial charge in [0.25, 0.3) is 0 Å². The molecule has 1 rings (SSSR count). The lowest BCUT2D eigenvalue weighted by Crippen LogP contribution is -2.30. The number of halogens is 1. The van der Waals surface area contributed by atoms with Crippen molar-refractivity contribution in [2.45, 2.75) is 37.5 Å². The van der Waals surface area contributed by atoms with Crippen LogP contribution in [-0.4, -0.2) is 31.5 Å². The molecule has 0 aromatic heterocycles. The standard InChI is InChI=1S/C11H20ClNO2/c1-15-8-10(12)5-6-13-11(14)7-9-3-2-4-9/h9-10H,2-8H2,1H3,(H,13,14). The first-order valence-electron chi connectivity index (χ1n) is 5.62. The smallest absolute Gasteiger partial charge is 0.220 e. The lowest BCUT2D eigenvalue weighted by Gasteiger charge is -2.24. The van der Waals surface area contributed by atoms with Gasteiger partial charge in [0.05, 0.1) is 12.0 Å². The number of ether oxygens (including phenoxy) is 1. The minimum Gasteiger partial charge on any atom is -0.383 e. The zero-order valence-electron chi connectivity index (χ0n) is 9.30. The number of hydrogen-bond acceptors (Lipinski definition) is 2. The number of methoxy groups -OCH3 is 1. The third kappa shape index (κ3) is 5.38. The molecule has 0 aromatic carbocycles. The molecular formula is C11H20ClNO2. The summed E-state index contributed by atoms with van der Waals surface area (Å²) in [5.74, 6) is 0.803. The van der Waals surface area contributed by atoms with Gasteiger partial charge in [-0.05, 0) is 25.2 Å². The molecule has 0 aliphatic heterocycles. The Morgan fingerprint density at radius 1 is 1.60 bits per heavy atom. The van der Waals surface area contributed by atoms with Crippen molar-refractivity contribution < 1.29 is 9.53 Å². The second-order valence-corrected chi connectivity index (χ2v) is 4.81. The second kappa shape index (κ2) is 7.07. The maximum Gasteiger partial charge on any atom is 0.220 e. The maximum absolute atomic E-state index is 11.4. The molecular weight excluding hydrogens is 214 g/mol. The van der Waals surface area contributed by atoms with Crippen molar-refractivity contribution >= 4 is 17.5 Å². The molecule has 1 unspecified atom stereocenters. The minimum atomic E-state index is -0.000923. The molecule has 1 aliphatic carbocycles. The molecule has 0 spiro atoms. The Balaban J connectivity index is 1.96. The van der Waals surface area contributed by atoms with E-state index in [4.69, 9.17) is 16.3 Å². The number of alkyl halides is 1. The number of carbonyl (C=O) groups excluding carboxylic acids is 1. The Kier molecular flexibility index (Phi) is 6.03. The van der Waals surface area contributed by atoms with Crippen molar-refractivity contribution in [1.82, 2.24) is 5.32 Å². The predicted octanol–water partition coefficient (Wildman–Crippen LogP) is 1.94.